The Morgan fingerprint density at radius 2 is 1.81 bits per heavy atom. The SMILES string of the molecule is NC(N)=NCCCC(NC(=O)C1CCCN1C(=O)C(Cc1ccccc1)NC(=O)C(N)CO)C(=O)O. The van der Waals surface area contributed by atoms with Crippen molar-refractivity contribution in [2.24, 2.45) is 22.2 Å². The van der Waals surface area contributed by atoms with E-state index in [0.29, 0.717) is 19.3 Å². The normalized spacial score (nSPS) is 17.5. The smallest absolute Gasteiger partial charge is 0.326 e. The highest BCUT2D eigenvalue weighted by molar-refractivity contribution is 5.94. The van der Waals surface area contributed by atoms with Crippen molar-refractivity contribution in [1.82, 2.24) is 15.5 Å². The summed E-state index contributed by atoms with van der Waals surface area (Å²) >= 11 is 0. The van der Waals surface area contributed by atoms with Gasteiger partial charge in [-0.1, -0.05) is 30.3 Å². The van der Waals surface area contributed by atoms with Crippen LogP contribution in [0.15, 0.2) is 35.3 Å². The topological polar surface area (TPSA) is 226 Å². The Labute approximate surface area is 209 Å². The molecule has 1 aliphatic rings. The van der Waals surface area contributed by atoms with Gasteiger partial charge in [0.05, 0.1) is 6.61 Å². The summed E-state index contributed by atoms with van der Waals surface area (Å²) in [6.45, 7) is -0.105. The van der Waals surface area contributed by atoms with E-state index in [-0.39, 0.29) is 31.9 Å². The van der Waals surface area contributed by atoms with Gasteiger partial charge in [-0.05, 0) is 31.2 Å². The number of benzene rings is 1. The zero-order valence-corrected chi connectivity index (χ0v) is 20.0. The molecule has 0 aliphatic carbocycles. The number of carbonyl (C=O) groups is 4. The van der Waals surface area contributed by atoms with Crippen molar-refractivity contribution in [1.29, 1.82) is 0 Å². The van der Waals surface area contributed by atoms with Crippen LogP contribution >= 0.6 is 0 Å². The molecule has 10 N–H and O–H groups in total. The number of aliphatic carboxylic acids is 1. The predicted octanol–water partition coefficient (Wildman–Crippen LogP) is -2.35. The minimum Gasteiger partial charge on any atom is -0.480 e. The lowest BCUT2D eigenvalue weighted by Gasteiger charge is -2.30. The molecule has 0 spiro atoms. The van der Waals surface area contributed by atoms with Crippen LogP contribution in [0.2, 0.25) is 0 Å². The van der Waals surface area contributed by atoms with Crippen molar-refractivity contribution < 1.29 is 29.4 Å². The fraction of sp³-hybridized carbons (Fsp3) is 0.522. The maximum atomic E-state index is 13.5. The average Bonchev–Trinajstić information content (AvgIpc) is 3.34. The first-order valence-electron chi connectivity index (χ1n) is 11.7. The van der Waals surface area contributed by atoms with E-state index < -0.39 is 54.5 Å². The zero-order chi connectivity index (χ0) is 26.7. The van der Waals surface area contributed by atoms with Gasteiger partial charge < -0.3 is 42.9 Å². The van der Waals surface area contributed by atoms with Crippen molar-refractivity contribution in [2.75, 3.05) is 19.7 Å². The first kappa shape index (κ1) is 28.5. The van der Waals surface area contributed by atoms with Gasteiger partial charge in [0.1, 0.15) is 24.2 Å². The number of carboxylic acids is 1. The molecule has 13 heteroatoms. The van der Waals surface area contributed by atoms with E-state index in [9.17, 15) is 29.4 Å². The fourth-order valence-corrected chi connectivity index (χ4v) is 3.94. The van der Waals surface area contributed by atoms with Gasteiger partial charge >= 0.3 is 5.97 Å². The lowest BCUT2D eigenvalue weighted by molar-refractivity contribution is -0.145. The third kappa shape index (κ3) is 8.50. The van der Waals surface area contributed by atoms with Gasteiger partial charge in [0.2, 0.25) is 17.7 Å². The van der Waals surface area contributed by atoms with Gasteiger partial charge in [0.25, 0.3) is 0 Å². The minimum absolute atomic E-state index is 0.101. The molecule has 0 bridgehead atoms. The van der Waals surface area contributed by atoms with E-state index in [0.717, 1.165) is 5.56 Å². The van der Waals surface area contributed by atoms with Crippen LogP contribution in [0.1, 0.15) is 31.2 Å². The number of aliphatic hydroxyl groups excluding tert-OH is 1. The third-order valence-corrected chi connectivity index (χ3v) is 5.83. The summed E-state index contributed by atoms with van der Waals surface area (Å²) in [7, 11) is 0. The van der Waals surface area contributed by atoms with E-state index in [1.54, 1.807) is 24.3 Å². The van der Waals surface area contributed by atoms with E-state index in [1.165, 1.54) is 4.90 Å². The highest BCUT2D eigenvalue weighted by Crippen LogP contribution is 2.20. The summed E-state index contributed by atoms with van der Waals surface area (Å²) in [5, 5.41) is 23.8. The fourth-order valence-electron chi connectivity index (χ4n) is 3.94. The molecule has 2 rings (SSSR count). The highest BCUT2D eigenvalue weighted by atomic mass is 16.4. The molecule has 3 amide bonds. The summed E-state index contributed by atoms with van der Waals surface area (Å²) in [4.78, 5) is 55.6. The Balaban J connectivity index is 2.13. The number of nitrogens with two attached hydrogens (primary N) is 3. The van der Waals surface area contributed by atoms with Crippen molar-refractivity contribution in [3.63, 3.8) is 0 Å². The molecule has 13 nitrogen and oxygen atoms in total. The van der Waals surface area contributed by atoms with Crippen molar-refractivity contribution in [3.05, 3.63) is 35.9 Å². The van der Waals surface area contributed by atoms with E-state index in [4.69, 9.17) is 17.2 Å². The monoisotopic (exact) mass is 505 g/mol. The van der Waals surface area contributed by atoms with Gasteiger partial charge in [0, 0.05) is 19.5 Å². The molecule has 4 unspecified atom stereocenters. The van der Waals surface area contributed by atoms with E-state index in [1.807, 2.05) is 6.07 Å². The molecule has 1 saturated heterocycles. The van der Waals surface area contributed by atoms with Crippen LogP contribution in [0.4, 0.5) is 0 Å². The molecule has 0 aromatic heterocycles. The second kappa shape index (κ2) is 14.0. The zero-order valence-electron chi connectivity index (χ0n) is 20.0. The molecule has 1 aliphatic heterocycles. The van der Waals surface area contributed by atoms with Crippen LogP contribution in [0.3, 0.4) is 0 Å². The Morgan fingerprint density at radius 1 is 1.11 bits per heavy atom. The molecule has 1 heterocycles. The minimum atomic E-state index is -1.21. The Kier molecular flexibility index (Phi) is 11.1. The van der Waals surface area contributed by atoms with Crippen molar-refractivity contribution in [2.45, 2.75) is 56.3 Å². The number of aliphatic hydroxyl groups is 1. The number of hydrogen-bond acceptors (Lipinski definition) is 7. The first-order chi connectivity index (χ1) is 17.1. The number of rotatable bonds is 13. The average molecular weight is 506 g/mol. The van der Waals surface area contributed by atoms with E-state index in [2.05, 4.69) is 15.6 Å². The second-order valence-corrected chi connectivity index (χ2v) is 8.58. The number of hydrogen-bond donors (Lipinski definition) is 7. The number of nitrogens with zero attached hydrogens (tertiary/aromatic N) is 2. The number of aliphatic imine (C=N–C) groups is 1. The third-order valence-electron chi connectivity index (χ3n) is 5.83. The number of amides is 3. The first-order valence-corrected chi connectivity index (χ1v) is 11.7. The standard InChI is InChI=1S/C23H35N7O6/c24-15(13-31)19(32)29-17(12-14-6-2-1-3-7-14)21(34)30-11-5-9-18(30)20(33)28-16(22(35)36)8-4-10-27-23(25)26/h1-3,6-7,15-18,31H,4-5,8-13,24H2,(H,28,33)(H,29,32)(H,35,36)(H4,25,26,27). The summed E-state index contributed by atoms with van der Waals surface area (Å²) in [5.41, 5.74) is 16.9. The molecule has 4 atom stereocenters. The number of guanidine groups is 1. The number of likely N-dealkylation sites (tertiary alicyclic amines) is 1. The second-order valence-electron chi connectivity index (χ2n) is 8.58. The summed E-state index contributed by atoms with van der Waals surface area (Å²) in [6, 6.07) is 4.71. The van der Waals surface area contributed by atoms with Gasteiger partial charge in [-0.25, -0.2) is 4.79 Å². The molecule has 1 aromatic carbocycles. The summed E-state index contributed by atoms with van der Waals surface area (Å²) < 4.78 is 0. The largest absolute Gasteiger partial charge is 0.480 e. The van der Waals surface area contributed by atoms with E-state index >= 15 is 0 Å². The Bertz CT molecular complexity index is 938. The maximum absolute atomic E-state index is 13.5. The Hall–Kier alpha value is -3.71. The van der Waals surface area contributed by atoms with Crippen LogP contribution in [0.25, 0.3) is 0 Å². The molecule has 1 aromatic rings. The lowest BCUT2D eigenvalue weighted by Crippen LogP contribution is -2.57. The lowest BCUT2D eigenvalue weighted by atomic mass is 10.0. The summed E-state index contributed by atoms with van der Waals surface area (Å²) in [6.07, 6.45) is 1.47. The van der Waals surface area contributed by atoms with Crippen LogP contribution in [0, 0.1) is 0 Å². The molecule has 198 valence electrons. The summed E-state index contributed by atoms with van der Waals surface area (Å²) in [5.74, 6) is -3.10. The number of nitrogens with one attached hydrogen (secondary N) is 2. The molecular weight excluding hydrogens is 470 g/mol. The van der Waals surface area contributed by atoms with Crippen molar-refractivity contribution >= 4 is 29.7 Å². The van der Waals surface area contributed by atoms with Gasteiger partial charge in [0.15, 0.2) is 5.96 Å². The molecule has 36 heavy (non-hydrogen) atoms. The Morgan fingerprint density at radius 3 is 2.42 bits per heavy atom. The van der Waals surface area contributed by atoms with Crippen LogP contribution in [-0.2, 0) is 25.6 Å². The maximum Gasteiger partial charge on any atom is 0.326 e. The van der Waals surface area contributed by atoms with Gasteiger partial charge in [-0.15, -0.1) is 0 Å². The van der Waals surface area contributed by atoms with Crippen LogP contribution in [-0.4, -0.2) is 88.6 Å². The molecule has 1 fully saturated rings. The van der Waals surface area contributed by atoms with Crippen LogP contribution < -0.4 is 27.8 Å². The predicted molar refractivity (Wildman–Crippen MR) is 131 cm³/mol. The van der Waals surface area contributed by atoms with Crippen LogP contribution in [0.5, 0.6) is 0 Å². The number of carboxylic acid groups (broad SMARTS) is 1. The highest BCUT2D eigenvalue weighted by Gasteiger charge is 2.39. The number of carbonyl (C=O) groups excluding carboxylic acids is 3. The molecular formula is C23H35N7O6. The molecule has 0 saturated carbocycles. The van der Waals surface area contributed by atoms with Gasteiger partial charge in [-0.2, -0.15) is 0 Å². The quantitative estimate of drug-likeness (QED) is 0.0863. The molecule has 0 radical (unpaired) electrons. The van der Waals surface area contributed by atoms with Gasteiger partial charge in [-0.3, -0.25) is 19.4 Å². The van der Waals surface area contributed by atoms with Crippen molar-refractivity contribution in [3.8, 4) is 0 Å².